The highest BCUT2D eigenvalue weighted by Gasteiger charge is 2.07. The number of aliphatic hydroxyl groups excluding tert-OH is 3. The van der Waals surface area contributed by atoms with Gasteiger partial charge < -0.3 is 15.3 Å². The minimum Gasteiger partial charge on any atom is -0.394 e. The molecule has 0 radical (unpaired) electrons. The van der Waals surface area contributed by atoms with Gasteiger partial charge in [-0.25, -0.2) is 0 Å². The molecule has 0 aromatic rings. The van der Waals surface area contributed by atoms with Crippen molar-refractivity contribution in [1.29, 1.82) is 0 Å². The highest BCUT2D eigenvalue weighted by atomic mass is 32.1. The highest BCUT2D eigenvalue weighted by molar-refractivity contribution is 7.80. The SMILES string of the molecule is OCC(O)C(O)S. The van der Waals surface area contributed by atoms with Crippen LogP contribution >= 0.6 is 12.6 Å². The first-order valence-electron chi connectivity index (χ1n) is 1.83. The lowest BCUT2D eigenvalue weighted by Gasteiger charge is -2.06. The molecule has 0 spiro atoms. The number of hydrogen-bond acceptors (Lipinski definition) is 4. The summed E-state index contributed by atoms with van der Waals surface area (Å²) in [5.74, 6) is 0. The number of hydrogen-bond donors (Lipinski definition) is 4. The van der Waals surface area contributed by atoms with Gasteiger partial charge >= 0.3 is 0 Å². The Hall–Kier alpha value is 0.230. The molecular weight excluding hydrogens is 116 g/mol. The predicted octanol–water partition coefficient (Wildman–Crippen LogP) is -1.41. The average molecular weight is 124 g/mol. The number of aliphatic hydroxyl groups is 3. The van der Waals surface area contributed by atoms with Gasteiger partial charge in [0.15, 0.2) is 0 Å². The summed E-state index contributed by atoms with van der Waals surface area (Å²) >= 11 is 3.42. The molecule has 0 saturated heterocycles. The van der Waals surface area contributed by atoms with E-state index in [1.54, 1.807) is 0 Å². The lowest BCUT2D eigenvalue weighted by atomic mass is 10.4. The fourth-order valence-electron chi connectivity index (χ4n) is 0.0943. The molecule has 0 fully saturated rings. The molecule has 0 aliphatic heterocycles. The minimum absolute atomic E-state index is 0.454. The first kappa shape index (κ1) is 7.23. The molecule has 2 unspecified atom stereocenters. The Bertz CT molecular complexity index is 47.4. The summed E-state index contributed by atoms with van der Waals surface area (Å²) in [6, 6.07) is 0. The lowest BCUT2D eigenvalue weighted by Crippen LogP contribution is -2.23. The molecule has 2 atom stereocenters. The maximum Gasteiger partial charge on any atom is 0.125 e. The van der Waals surface area contributed by atoms with Crippen LogP contribution in [-0.4, -0.2) is 33.5 Å². The molecule has 0 amide bonds. The second kappa shape index (κ2) is 3.26. The zero-order valence-corrected chi connectivity index (χ0v) is 4.55. The summed E-state index contributed by atoms with van der Waals surface area (Å²) in [4.78, 5) is 0. The molecular formula is C3H8O3S. The van der Waals surface area contributed by atoms with Crippen LogP contribution in [0, 0.1) is 0 Å². The Morgan fingerprint density at radius 3 is 1.86 bits per heavy atom. The fourth-order valence-corrected chi connectivity index (χ4v) is 0.189. The van der Waals surface area contributed by atoms with E-state index in [0.717, 1.165) is 0 Å². The molecule has 44 valence electrons. The standard InChI is InChI=1S/C3H8O3S/c4-1-2(5)3(6)7/h2-7H,1H2. The molecule has 0 aliphatic carbocycles. The van der Waals surface area contributed by atoms with E-state index in [1.807, 2.05) is 0 Å². The van der Waals surface area contributed by atoms with Crippen molar-refractivity contribution in [3.8, 4) is 0 Å². The van der Waals surface area contributed by atoms with E-state index in [-0.39, 0.29) is 0 Å². The molecule has 0 bridgehead atoms. The van der Waals surface area contributed by atoms with Gasteiger partial charge in [-0.2, -0.15) is 0 Å². The predicted molar refractivity (Wildman–Crippen MR) is 28.1 cm³/mol. The Balaban J connectivity index is 3.14. The molecule has 7 heavy (non-hydrogen) atoms. The Morgan fingerprint density at radius 2 is 1.86 bits per heavy atom. The maximum absolute atomic E-state index is 8.36. The van der Waals surface area contributed by atoms with Crippen molar-refractivity contribution in [2.45, 2.75) is 11.5 Å². The van der Waals surface area contributed by atoms with Crippen molar-refractivity contribution in [3.63, 3.8) is 0 Å². The third-order valence-corrected chi connectivity index (χ3v) is 0.875. The van der Waals surface area contributed by atoms with Gasteiger partial charge in [-0.15, -0.1) is 12.6 Å². The van der Waals surface area contributed by atoms with Gasteiger partial charge in [-0.3, -0.25) is 0 Å². The first-order chi connectivity index (χ1) is 3.18. The van der Waals surface area contributed by atoms with Gasteiger partial charge in [0, 0.05) is 0 Å². The van der Waals surface area contributed by atoms with E-state index in [4.69, 9.17) is 15.3 Å². The van der Waals surface area contributed by atoms with Crippen molar-refractivity contribution in [3.05, 3.63) is 0 Å². The van der Waals surface area contributed by atoms with Crippen LogP contribution in [-0.2, 0) is 0 Å². The van der Waals surface area contributed by atoms with Crippen LogP contribution in [0.25, 0.3) is 0 Å². The van der Waals surface area contributed by atoms with Gasteiger partial charge in [0.25, 0.3) is 0 Å². The molecule has 0 saturated carbocycles. The van der Waals surface area contributed by atoms with E-state index in [2.05, 4.69) is 12.6 Å². The summed E-state index contributed by atoms with van der Waals surface area (Å²) in [6.07, 6.45) is -1.12. The topological polar surface area (TPSA) is 60.7 Å². The van der Waals surface area contributed by atoms with Crippen molar-refractivity contribution in [1.82, 2.24) is 0 Å². The van der Waals surface area contributed by atoms with Crippen LogP contribution in [0.4, 0.5) is 0 Å². The largest absolute Gasteiger partial charge is 0.394 e. The Morgan fingerprint density at radius 1 is 1.43 bits per heavy atom. The second-order valence-corrected chi connectivity index (χ2v) is 1.69. The van der Waals surface area contributed by atoms with Gasteiger partial charge in [-0.1, -0.05) is 0 Å². The molecule has 0 rings (SSSR count). The first-order valence-corrected chi connectivity index (χ1v) is 2.35. The molecule has 0 heterocycles. The summed E-state index contributed by atoms with van der Waals surface area (Å²) in [5.41, 5.74) is -1.13. The highest BCUT2D eigenvalue weighted by Crippen LogP contribution is 1.94. The molecule has 4 heteroatoms. The number of rotatable bonds is 2. The zero-order chi connectivity index (χ0) is 5.86. The van der Waals surface area contributed by atoms with Crippen LogP contribution in [0.15, 0.2) is 0 Å². The van der Waals surface area contributed by atoms with E-state index in [9.17, 15) is 0 Å². The van der Waals surface area contributed by atoms with Crippen LogP contribution in [0.3, 0.4) is 0 Å². The molecule has 0 aromatic heterocycles. The van der Waals surface area contributed by atoms with Crippen molar-refractivity contribution >= 4 is 12.6 Å². The van der Waals surface area contributed by atoms with Crippen LogP contribution < -0.4 is 0 Å². The Kier molecular flexibility index (Phi) is 3.37. The van der Waals surface area contributed by atoms with Gasteiger partial charge in [-0.05, 0) is 0 Å². The van der Waals surface area contributed by atoms with Crippen LogP contribution in [0.5, 0.6) is 0 Å². The lowest BCUT2D eigenvalue weighted by molar-refractivity contribution is 0.0294. The van der Waals surface area contributed by atoms with Gasteiger partial charge in [0.05, 0.1) is 6.61 Å². The second-order valence-electron chi connectivity index (χ2n) is 1.16. The fraction of sp³-hybridized carbons (Fsp3) is 1.00. The zero-order valence-electron chi connectivity index (χ0n) is 3.65. The van der Waals surface area contributed by atoms with Gasteiger partial charge in [0.2, 0.25) is 0 Å². The molecule has 0 aromatic carbocycles. The summed E-state index contributed by atoms with van der Waals surface area (Å²) in [6.45, 7) is -0.454. The summed E-state index contributed by atoms with van der Waals surface area (Å²) in [7, 11) is 0. The summed E-state index contributed by atoms with van der Waals surface area (Å²) < 4.78 is 0. The molecule has 3 nitrogen and oxygen atoms in total. The van der Waals surface area contributed by atoms with E-state index < -0.39 is 18.1 Å². The third kappa shape index (κ3) is 2.87. The maximum atomic E-state index is 8.36. The number of thiol groups is 1. The smallest absolute Gasteiger partial charge is 0.125 e. The Labute approximate surface area is 47.0 Å². The summed E-state index contributed by atoms with van der Waals surface area (Å²) in [5, 5.41) is 24.7. The van der Waals surface area contributed by atoms with E-state index in [1.165, 1.54) is 0 Å². The minimum atomic E-state index is -1.13. The van der Waals surface area contributed by atoms with Crippen molar-refractivity contribution in [2.24, 2.45) is 0 Å². The van der Waals surface area contributed by atoms with E-state index >= 15 is 0 Å². The van der Waals surface area contributed by atoms with Crippen LogP contribution in [0.1, 0.15) is 0 Å². The average Bonchev–Trinajstić information content (AvgIpc) is 1.65. The normalized spacial score (nSPS) is 18.9. The van der Waals surface area contributed by atoms with Crippen LogP contribution in [0.2, 0.25) is 0 Å². The van der Waals surface area contributed by atoms with E-state index in [0.29, 0.717) is 0 Å². The quantitative estimate of drug-likeness (QED) is 0.270. The van der Waals surface area contributed by atoms with Crippen molar-refractivity contribution < 1.29 is 15.3 Å². The molecule has 3 N–H and O–H groups in total. The van der Waals surface area contributed by atoms with Gasteiger partial charge in [0.1, 0.15) is 11.5 Å². The molecule has 0 aliphatic rings. The monoisotopic (exact) mass is 124 g/mol. The van der Waals surface area contributed by atoms with Crippen molar-refractivity contribution in [2.75, 3.05) is 6.61 Å². The third-order valence-electron chi connectivity index (χ3n) is 0.531.